The van der Waals surface area contributed by atoms with Crippen molar-refractivity contribution in [2.24, 2.45) is 10.8 Å². The molecule has 0 spiro atoms. The molecule has 20 heavy (non-hydrogen) atoms. The summed E-state index contributed by atoms with van der Waals surface area (Å²) in [5.41, 5.74) is 1.95. The maximum absolute atomic E-state index is 5.37. The fourth-order valence-corrected chi connectivity index (χ4v) is 4.34. The van der Waals surface area contributed by atoms with Crippen molar-refractivity contribution < 1.29 is 4.74 Å². The van der Waals surface area contributed by atoms with Crippen LogP contribution < -0.4 is 10.1 Å². The second-order valence-corrected chi connectivity index (χ2v) is 8.46. The first-order chi connectivity index (χ1) is 9.21. The fraction of sp³-hybridized carbons (Fsp3) is 0.647. The van der Waals surface area contributed by atoms with Crippen molar-refractivity contribution >= 4 is 21.6 Å². The van der Waals surface area contributed by atoms with Crippen LogP contribution in [0.3, 0.4) is 0 Å². The number of rotatable bonds is 3. The zero-order valence-corrected chi connectivity index (χ0v) is 14.8. The van der Waals surface area contributed by atoms with Gasteiger partial charge in [0.05, 0.1) is 11.6 Å². The number of ether oxygens (including phenoxy) is 1. The number of hydrogen-bond acceptors (Lipinski definition) is 2. The zero-order valence-electron chi connectivity index (χ0n) is 13.2. The minimum absolute atomic E-state index is 0.402. The summed E-state index contributed by atoms with van der Waals surface area (Å²) in [5.74, 6) is 0.879. The Labute approximate surface area is 131 Å². The summed E-state index contributed by atoms with van der Waals surface area (Å²) in [4.78, 5) is 0. The standard InChI is InChI=1S/C17H26BrNO/c1-16(2)9-13(10-17(3,4)11-16)19-12-6-7-14(18)15(8-12)20-5/h6-8,13,19H,9-11H2,1-5H3. The lowest BCUT2D eigenvalue weighted by Gasteiger charge is -2.45. The average molecular weight is 340 g/mol. The Morgan fingerprint density at radius 2 is 1.75 bits per heavy atom. The molecule has 0 atom stereocenters. The first-order valence-electron chi connectivity index (χ1n) is 7.31. The maximum Gasteiger partial charge on any atom is 0.135 e. The molecule has 0 bridgehead atoms. The molecule has 2 nitrogen and oxygen atoms in total. The lowest BCUT2D eigenvalue weighted by Crippen LogP contribution is -2.40. The highest BCUT2D eigenvalue weighted by Crippen LogP contribution is 2.46. The molecule has 1 aliphatic carbocycles. The zero-order chi connectivity index (χ0) is 15.0. The Balaban J connectivity index is 2.13. The van der Waals surface area contributed by atoms with E-state index in [2.05, 4.69) is 61.1 Å². The van der Waals surface area contributed by atoms with Gasteiger partial charge in [0.25, 0.3) is 0 Å². The van der Waals surface area contributed by atoms with E-state index in [1.165, 1.54) is 19.3 Å². The summed E-state index contributed by atoms with van der Waals surface area (Å²) in [7, 11) is 1.71. The number of nitrogens with one attached hydrogen (secondary N) is 1. The Bertz CT molecular complexity index is 466. The summed E-state index contributed by atoms with van der Waals surface area (Å²) in [6, 6.07) is 6.75. The summed E-state index contributed by atoms with van der Waals surface area (Å²) in [6.45, 7) is 9.52. The van der Waals surface area contributed by atoms with Gasteiger partial charge in [-0.1, -0.05) is 27.7 Å². The molecule has 3 heteroatoms. The van der Waals surface area contributed by atoms with E-state index in [1.807, 2.05) is 6.07 Å². The van der Waals surface area contributed by atoms with Crippen molar-refractivity contribution in [3.63, 3.8) is 0 Å². The van der Waals surface area contributed by atoms with Gasteiger partial charge < -0.3 is 10.1 Å². The van der Waals surface area contributed by atoms with Gasteiger partial charge in [-0.15, -0.1) is 0 Å². The Hall–Kier alpha value is -0.700. The molecule has 1 aliphatic rings. The Kier molecular flexibility index (Phi) is 4.38. The molecule has 1 N–H and O–H groups in total. The maximum atomic E-state index is 5.37. The van der Waals surface area contributed by atoms with Gasteiger partial charge in [-0.2, -0.15) is 0 Å². The summed E-state index contributed by atoms with van der Waals surface area (Å²) < 4.78 is 6.37. The Morgan fingerprint density at radius 3 is 2.30 bits per heavy atom. The number of hydrogen-bond donors (Lipinski definition) is 1. The van der Waals surface area contributed by atoms with E-state index < -0.39 is 0 Å². The minimum atomic E-state index is 0.402. The van der Waals surface area contributed by atoms with Crippen molar-refractivity contribution in [2.75, 3.05) is 12.4 Å². The van der Waals surface area contributed by atoms with Gasteiger partial charge in [0.15, 0.2) is 0 Å². The molecule has 0 unspecified atom stereocenters. The quantitative estimate of drug-likeness (QED) is 0.787. The van der Waals surface area contributed by atoms with Gasteiger partial charge in [-0.3, -0.25) is 0 Å². The highest BCUT2D eigenvalue weighted by molar-refractivity contribution is 9.10. The molecule has 112 valence electrons. The molecule has 1 saturated carbocycles. The van der Waals surface area contributed by atoms with Gasteiger partial charge >= 0.3 is 0 Å². The molecule has 0 aromatic heterocycles. The molecule has 0 amide bonds. The molecule has 0 radical (unpaired) electrons. The van der Waals surface area contributed by atoms with E-state index in [0.29, 0.717) is 16.9 Å². The van der Waals surface area contributed by atoms with Crippen LogP contribution in [0.2, 0.25) is 0 Å². The summed E-state index contributed by atoms with van der Waals surface area (Å²) in [6.07, 6.45) is 3.73. The third kappa shape index (κ3) is 3.91. The van der Waals surface area contributed by atoms with Crippen LogP contribution in [0, 0.1) is 10.8 Å². The minimum Gasteiger partial charge on any atom is -0.495 e. The van der Waals surface area contributed by atoms with Crippen molar-refractivity contribution in [3.05, 3.63) is 22.7 Å². The van der Waals surface area contributed by atoms with Crippen molar-refractivity contribution in [2.45, 2.75) is 53.0 Å². The summed E-state index contributed by atoms with van der Waals surface area (Å²) in [5, 5.41) is 3.69. The van der Waals surface area contributed by atoms with Crippen LogP contribution in [0.1, 0.15) is 47.0 Å². The van der Waals surface area contributed by atoms with Gasteiger partial charge in [-0.25, -0.2) is 0 Å². The van der Waals surface area contributed by atoms with Crippen LogP contribution in [0.5, 0.6) is 5.75 Å². The van der Waals surface area contributed by atoms with Crippen LogP contribution in [-0.4, -0.2) is 13.2 Å². The number of benzene rings is 1. The largest absolute Gasteiger partial charge is 0.495 e. The third-order valence-corrected chi connectivity index (χ3v) is 4.73. The SMILES string of the molecule is COc1cc(NC2CC(C)(C)CC(C)(C)C2)ccc1Br. The Morgan fingerprint density at radius 1 is 1.15 bits per heavy atom. The van der Waals surface area contributed by atoms with E-state index in [9.17, 15) is 0 Å². The molecule has 0 heterocycles. The van der Waals surface area contributed by atoms with Crippen LogP contribution >= 0.6 is 15.9 Å². The molecular formula is C17H26BrNO. The molecule has 0 saturated heterocycles. The topological polar surface area (TPSA) is 21.3 Å². The number of halogens is 1. The van der Waals surface area contributed by atoms with Crippen molar-refractivity contribution in [3.8, 4) is 5.75 Å². The average Bonchev–Trinajstić information content (AvgIpc) is 2.27. The van der Waals surface area contributed by atoms with E-state index in [1.54, 1.807) is 7.11 Å². The summed E-state index contributed by atoms with van der Waals surface area (Å²) >= 11 is 3.50. The van der Waals surface area contributed by atoms with E-state index >= 15 is 0 Å². The van der Waals surface area contributed by atoms with E-state index in [-0.39, 0.29) is 0 Å². The smallest absolute Gasteiger partial charge is 0.135 e. The van der Waals surface area contributed by atoms with Crippen LogP contribution in [0.4, 0.5) is 5.69 Å². The van der Waals surface area contributed by atoms with Crippen LogP contribution in [0.15, 0.2) is 22.7 Å². The van der Waals surface area contributed by atoms with Gasteiger partial charge in [0.1, 0.15) is 5.75 Å². The van der Waals surface area contributed by atoms with Gasteiger partial charge in [-0.05, 0) is 58.2 Å². The predicted octanol–water partition coefficient (Wildman–Crippen LogP) is 5.47. The number of methoxy groups -OCH3 is 1. The highest BCUT2D eigenvalue weighted by atomic mass is 79.9. The highest BCUT2D eigenvalue weighted by Gasteiger charge is 2.38. The molecule has 1 aromatic rings. The van der Waals surface area contributed by atoms with Crippen LogP contribution in [-0.2, 0) is 0 Å². The molecule has 2 rings (SSSR count). The number of anilines is 1. The predicted molar refractivity (Wildman–Crippen MR) is 89.5 cm³/mol. The third-order valence-electron chi connectivity index (χ3n) is 4.08. The van der Waals surface area contributed by atoms with E-state index in [0.717, 1.165) is 15.9 Å². The molecule has 1 fully saturated rings. The molecular weight excluding hydrogens is 314 g/mol. The lowest BCUT2D eigenvalue weighted by atomic mass is 9.63. The first-order valence-corrected chi connectivity index (χ1v) is 8.10. The molecule has 1 aromatic carbocycles. The monoisotopic (exact) mass is 339 g/mol. The molecule has 0 aliphatic heterocycles. The van der Waals surface area contributed by atoms with Crippen molar-refractivity contribution in [1.29, 1.82) is 0 Å². The lowest BCUT2D eigenvalue weighted by molar-refractivity contribution is 0.105. The fourth-order valence-electron chi connectivity index (χ4n) is 3.93. The first kappa shape index (κ1) is 15.7. The van der Waals surface area contributed by atoms with Gasteiger partial charge in [0, 0.05) is 17.8 Å². The van der Waals surface area contributed by atoms with Gasteiger partial charge in [0.2, 0.25) is 0 Å². The van der Waals surface area contributed by atoms with E-state index in [4.69, 9.17) is 4.74 Å². The second-order valence-electron chi connectivity index (χ2n) is 7.60. The van der Waals surface area contributed by atoms with Crippen molar-refractivity contribution in [1.82, 2.24) is 0 Å². The normalized spacial score (nSPS) is 21.5. The van der Waals surface area contributed by atoms with Crippen LogP contribution in [0.25, 0.3) is 0 Å². The second kappa shape index (κ2) is 5.59.